The van der Waals surface area contributed by atoms with Crippen LogP contribution in [-0.4, -0.2) is 35.7 Å². The van der Waals surface area contributed by atoms with E-state index in [0.717, 1.165) is 7.11 Å². The molecule has 0 spiro atoms. The molecule has 0 aliphatic heterocycles. The van der Waals surface area contributed by atoms with Crippen LogP contribution in [0, 0.1) is 10.1 Å². The quantitative estimate of drug-likeness (QED) is 0.368. The van der Waals surface area contributed by atoms with E-state index in [1.165, 1.54) is 12.1 Å². The number of nitrogens with zero attached hydrogens (tertiary/aromatic N) is 1. The van der Waals surface area contributed by atoms with E-state index in [1.807, 2.05) is 0 Å². The third-order valence-corrected chi connectivity index (χ3v) is 2.60. The third-order valence-electron chi connectivity index (χ3n) is 2.11. The highest BCUT2D eigenvalue weighted by Crippen LogP contribution is 2.27. The first-order chi connectivity index (χ1) is 8.43. The lowest BCUT2D eigenvalue weighted by atomic mass is 10.2. The molecule has 0 aliphatic rings. The largest absolute Gasteiger partial charge is 0.506 e. The molecule has 1 atom stereocenters. The van der Waals surface area contributed by atoms with E-state index in [4.69, 9.17) is 0 Å². The van der Waals surface area contributed by atoms with E-state index in [1.54, 1.807) is 6.07 Å². The summed E-state index contributed by atoms with van der Waals surface area (Å²) in [4.78, 5) is 21.2. The van der Waals surface area contributed by atoms with Gasteiger partial charge in [-0.05, 0) is 18.2 Å². The monoisotopic (exact) mass is 318 g/mol. The predicted molar refractivity (Wildman–Crippen MR) is 67.1 cm³/mol. The fourth-order valence-corrected chi connectivity index (χ4v) is 1.64. The van der Waals surface area contributed by atoms with Gasteiger partial charge in [0.05, 0.1) is 12.8 Å². The number of phenols is 1. The Kier molecular flexibility index (Phi) is 4.90. The number of nitrogens with one attached hydrogen (secondary N) is 1. The second-order valence-electron chi connectivity index (χ2n) is 3.40. The number of rotatable bonds is 5. The molecule has 98 valence electrons. The maximum atomic E-state index is 11.4. The predicted octanol–water partition coefficient (Wildman–Crippen LogP) is 1.38. The number of nitro groups is 1. The number of hydrogen-bond donors (Lipinski definition) is 2. The van der Waals surface area contributed by atoms with Crippen molar-refractivity contribution in [1.82, 2.24) is 0 Å². The summed E-state index contributed by atoms with van der Waals surface area (Å²) in [5, 5.41) is 22.6. The molecule has 1 aromatic carbocycles. The fourth-order valence-electron chi connectivity index (χ4n) is 1.28. The number of benzene rings is 1. The molecule has 0 aliphatic carbocycles. The van der Waals surface area contributed by atoms with Crippen molar-refractivity contribution in [2.24, 2.45) is 0 Å². The number of methoxy groups -OCH3 is 1. The molecule has 8 heteroatoms. The molecule has 0 heterocycles. The number of ether oxygens (including phenoxy) is 1. The summed E-state index contributed by atoms with van der Waals surface area (Å²) < 4.78 is 5.12. The Morgan fingerprint density at radius 2 is 2.33 bits per heavy atom. The number of anilines is 1. The van der Waals surface area contributed by atoms with Crippen molar-refractivity contribution in [3.8, 4) is 5.75 Å². The lowest BCUT2D eigenvalue weighted by Crippen LogP contribution is -2.37. The van der Waals surface area contributed by atoms with Crippen LogP contribution in [0.2, 0.25) is 0 Å². The van der Waals surface area contributed by atoms with Crippen LogP contribution in [0.4, 0.5) is 5.69 Å². The average Bonchev–Trinajstić information content (AvgIpc) is 2.31. The molecule has 1 unspecified atom stereocenters. The lowest BCUT2D eigenvalue weighted by molar-refractivity contribution is -0.480. The average molecular weight is 319 g/mol. The summed E-state index contributed by atoms with van der Waals surface area (Å²) in [5.74, 6) is -0.887. The molecule has 2 N–H and O–H groups in total. The minimum atomic E-state index is -1.16. The molecular weight excluding hydrogens is 308 g/mol. The fraction of sp³-hybridized carbons (Fsp3) is 0.300. The van der Waals surface area contributed by atoms with Crippen LogP contribution in [0.15, 0.2) is 22.7 Å². The Morgan fingerprint density at radius 3 is 2.89 bits per heavy atom. The summed E-state index contributed by atoms with van der Waals surface area (Å²) in [6.45, 7) is -0.640. The van der Waals surface area contributed by atoms with Gasteiger partial charge in [0.1, 0.15) is 5.75 Å². The summed E-state index contributed by atoms with van der Waals surface area (Å²) in [5.41, 5.74) is 0.210. The molecule has 18 heavy (non-hydrogen) atoms. The van der Waals surface area contributed by atoms with Crippen molar-refractivity contribution in [3.05, 3.63) is 32.8 Å². The van der Waals surface area contributed by atoms with Crippen molar-refractivity contribution in [1.29, 1.82) is 0 Å². The number of carbonyl (C=O) groups is 1. The Labute approximate surface area is 111 Å². The number of hydrogen-bond acceptors (Lipinski definition) is 6. The minimum absolute atomic E-state index is 0.115. The van der Waals surface area contributed by atoms with Gasteiger partial charge >= 0.3 is 5.97 Å². The van der Waals surface area contributed by atoms with Crippen molar-refractivity contribution in [2.45, 2.75) is 6.04 Å². The van der Waals surface area contributed by atoms with Gasteiger partial charge in [-0.25, -0.2) is 4.79 Å². The van der Waals surface area contributed by atoms with E-state index >= 15 is 0 Å². The van der Waals surface area contributed by atoms with E-state index < -0.39 is 23.5 Å². The first-order valence-corrected chi connectivity index (χ1v) is 5.68. The van der Waals surface area contributed by atoms with Gasteiger partial charge < -0.3 is 15.2 Å². The molecule has 0 fully saturated rings. The summed E-state index contributed by atoms with van der Waals surface area (Å²) in [6, 6.07) is 3.34. The van der Waals surface area contributed by atoms with E-state index in [0.29, 0.717) is 4.47 Å². The third kappa shape index (κ3) is 3.88. The second kappa shape index (κ2) is 6.20. The number of phenolic OH excluding ortho intramolecular Hbond substituents is 1. The highest BCUT2D eigenvalue weighted by atomic mass is 79.9. The number of esters is 1. The number of carbonyl (C=O) groups excluding carboxylic acids is 1. The van der Waals surface area contributed by atoms with Gasteiger partial charge in [0.15, 0.2) is 6.04 Å². The highest BCUT2D eigenvalue weighted by Gasteiger charge is 2.25. The molecule has 0 amide bonds. The van der Waals surface area contributed by atoms with Crippen molar-refractivity contribution in [3.63, 3.8) is 0 Å². The Morgan fingerprint density at radius 1 is 1.67 bits per heavy atom. The maximum Gasteiger partial charge on any atom is 0.335 e. The molecule has 0 saturated heterocycles. The molecule has 0 aromatic heterocycles. The van der Waals surface area contributed by atoms with Crippen molar-refractivity contribution in [2.75, 3.05) is 19.0 Å². The number of aromatic hydroxyl groups is 1. The molecular formula is C10H11BrN2O5. The smallest absolute Gasteiger partial charge is 0.335 e. The van der Waals surface area contributed by atoms with Gasteiger partial charge in [0.25, 0.3) is 0 Å². The van der Waals surface area contributed by atoms with Gasteiger partial charge in [0.2, 0.25) is 6.54 Å². The molecule has 7 nitrogen and oxygen atoms in total. The Balaban J connectivity index is 2.91. The van der Waals surface area contributed by atoms with E-state index in [9.17, 15) is 20.0 Å². The summed E-state index contributed by atoms with van der Waals surface area (Å²) >= 11 is 3.19. The zero-order chi connectivity index (χ0) is 13.7. The zero-order valence-corrected chi connectivity index (χ0v) is 11.0. The van der Waals surface area contributed by atoms with Crippen LogP contribution in [-0.2, 0) is 9.53 Å². The second-order valence-corrected chi connectivity index (χ2v) is 4.31. The molecule has 1 rings (SSSR count). The first-order valence-electron chi connectivity index (χ1n) is 4.88. The van der Waals surface area contributed by atoms with Crippen LogP contribution in [0.5, 0.6) is 5.75 Å². The molecule has 0 bridgehead atoms. The van der Waals surface area contributed by atoms with E-state index in [-0.39, 0.29) is 11.4 Å². The van der Waals surface area contributed by atoms with Gasteiger partial charge in [-0.15, -0.1) is 0 Å². The highest BCUT2D eigenvalue weighted by molar-refractivity contribution is 9.10. The van der Waals surface area contributed by atoms with Crippen LogP contribution < -0.4 is 5.32 Å². The van der Waals surface area contributed by atoms with Gasteiger partial charge in [0, 0.05) is 9.40 Å². The van der Waals surface area contributed by atoms with Crippen molar-refractivity contribution >= 4 is 27.6 Å². The van der Waals surface area contributed by atoms with Crippen LogP contribution in [0.25, 0.3) is 0 Å². The first kappa shape index (κ1) is 14.2. The van der Waals surface area contributed by atoms with Crippen LogP contribution in [0.3, 0.4) is 0 Å². The normalized spacial score (nSPS) is 11.7. The van der Waals surface area contributed by atoms with Gasteiger partial charge in [-0.3, -0.25) is 10.1 Å². The van der Waals surface area contributed by atoms with Crippen LogP contribution >= 0.6 is 15.9 Å². The topological polar surface area (TPSA) is 102 Å². The number of halogens is 1. The molecule has 0 saturated carbocycles. The SMILES string of the molecule is COC(=O)C(C[N+](=O)[O-])Nc1cc(Br)ccc1O. The summed E-state index contributed by atoms with van der Waals surface area (Å²) in [7, 11) is 1.14. The summed E-state index contributed by atoms with van der Waals surface area (Å²) in [6.07, 6.45) is 0. The Hall–Kier alpha value is -1.83. The minimum Gasteiger partial charge on any atom is -0.506 e. The van der Waals surface area contributed by atoms with E-state index in [2.05, 4.69) is 26.0 Å². The van der Waals surface area contributed by atoms with Crippen molar-refractivity contribution < 1.29 is 19.6 Å². The van der Waals surface area contributed by atoms with Gasteiger partial charge in [-0.1, -0.05) is 15.9 Å². The zero-order valence-electron chi connectivity index (χ0n) is 9.42. The van der Waals surface area contributed by atoms with Gasteiger partial charge in [-0.2, -0.15) is 0 Å². The lowest BCUT2D eigenvalue weighted by Gasteiger charge is -2.15. The standard InChI is InChI=1S/C10H11BrN2O5/c1-18-10(15)8(5-13(16)17)12-7-4-6(11)2-3-9(7)14/h2-4,8,12,14H,5H2,1H3. The molecule has 1 aromatic rings. The Bertz CT molecular complexity index is 466. The molecule has 0 radical (unpaired) electrons. The van der Waals surface area contributed by atoms with Crippen LogP contribution in [0.1, 0.15) is 0 Å². The maximum absolute atomic E-state index is 11.4.